The second-order valence-corrected chi connectivity index (χ2v) is 4.84. The molecule has 1 fully saturated rings. The van der Waals surface area contributed by atoms with Crippen molar-refractivity contribution in [2.75, 3.05) is 6.61 Å². The molecule has 21 heavy (non-hydrogen) atoms. The van der Waals surface area contributed by atoms with Gasteiger partial charge in [0, 0.05) is 18.7 Å². The van der Waals surface area contributed by atoms with E-state index in [9.17, 15) is 9.18 Å². The van der Waals surface area contributed by atoms with Gasteiger partial charge in [0.2, 0.25) is 0 Å². The van der Waals surface area contributed by atoms with Gasteiger partial charge in [-0.3, -0.25) is 4.79 Å². The number of oxazole rings is 1. The predicted molar refractivity (Wildman–Crippen MR) is 72.0 cm³/mol. The molecule has 0 unspecified atom stereocenters. The lowest BCUT2D eigenvalue weighted by atomic mass is 10.1. The smallest absolute Gasteiger partial charge is 0.273 e. The first-order valence-corrected chi connectivity index (χ1v) is 6.82. The highest BCUT2D eigenvalue weighted by Crippen LogP contribution is 2.30. The van der Waals surface area contributed by atoms with E-state index in [2.05, 4.69) is 10.3 Å². The van der Waals surface area contributed by atoms with Gasteiger partial charge in [-0.25, -0.2) is 9.37 Å². The molecule has 2 aromatic rings. The van der Waals surface area contributed by atoms with E-state index in [1.54, 1.807) is 18.2 Å². The van der Waals surface area contributed by atoms with E-state index in [1.165, 1.54) is 12.5 Å². The minimum atomic E-state index is -0.391. The summed E-state index contributed by atoms with van der Waals surface area (Å²) in [4.78, 5) is 16.1. The zero-order valence-electron chi connectivity index (χ0n) is 11.3. The Morgan fingerprint density at radius 3 is 3.05 bits per heavy atom. The third-order valence-corrected chi connectivity index (χ3v) is 3.43. The van der Waals surface area contributed by atoms with Crippen molar-refractivity contribution in [2.24, 2.45) is 0 Å². The van der Waals surface area contributed by atoms with Crippen LogP contribution in [0.3, 0.4) is 0 Å². The minimum Gasteiger partial charge on any atom is -0.445 e. The molecule has 1 aliphatic rings. The molecule has 6 heteroatoms. The van der Waals surface area contributed by atoms with Gasteiger partial charge in [-0.1, -0.05) is 18.2 Å². The summed E-state index contributed by atoms with van der Waals surface area (Å²) in [5.74, 6) is -0.298. The number of hydrogen-bond acceptors (Lipinski definition) is 4. The number of ether oxygens (including phenoxy) is 1. The van der Waals surface area contributed by atoms with Crippen LogP contribution in [0.2, 0.25) is 0 Å². The maximum Gasteiger partial charge on any atom is 0.273 e. The molecular formula is C15H15FN2O3. The van der Waals surface area contributed by atoms with Gasteiger partial charge in [0.1, 0.15) is 11.9 Å². The summed E-state index contributed by atoms with van der Waals surface area (Å²) in [6, 6.07) is 6.31. The van der Waals surface area contributed by atoms with Crippen LogP contribution < -0.4 is 5.32 Å². The van der Waals surface area contributed by atoms with Crippen molar-refractivity contribution in [3.8, 4) is 0 Å². The van der Waals surface area contributed by atoms with Crippen molar-refractivity contribution in [1.29, 1.82) is 0 Å². The molecule has 0 aliphatic carbocycles. The van der Waals surface area contributed by atoms with Crippen LogP contribution in [-0.4, -0.2) is 17.5 Å². The second-order valence-electron chi connectivity index (χ2n) is 4.84. The summed E-state index contributed by atoms with van der Waals surface area (Å²) in [5.41, 5.74) is 0.631. The molecule has 1 aromatic carbocycles. The van der Waals surface area contributed by atoms with Crippen LogP contribution in [0.15, 0.2) is 35.1 Å². The number of benzene rings is 1. The van der Waals surface area contributed by atoms with Gasteiger partial charge in [0.15, 0.2) is 17.8 Å². The van der Waals surface area contributed by atoms with E-state index >= 15 is 0 Å². The monoisotopic (exact) mass is 290 g/mol. The summed E-state index contributed by atoms with van der Waals surface area (Å²) in [6.45, 7) is 0.755. The number of carbonyl (C=O) groups excluding carboxylic acids is 1. The SMILES string of the molecule is O=C(NCc1ccccc1F)c1ncoc1[C@H]1CCCO1. The lowest BCUT2D eigenvalue weighted by Gasteiger charge is -2.08. The fraction of sp³-hybridized carbons (Fsp3) is 0.333. The molecule has 1 aliphatic heterocycles. The molecule has 0 spiro atoms. The first kappa shape index (κ1) is 13.8. The van der Waals surface area contributed by atoms with E-state index in [1.807, 2.05) is 0 Å². The molecule has 1 saturated heterocycles. The van der Waals surface area contributed by atoms with Crippen LogP contribution in [-0.2, 0) is 11.3 Å². The van der Waals surface area contributed by atoms with Crippen LogP contribution in [0, 0.1) is 5.82 Å². The highest BCUT2D eigenvalue weighted by atomic mass is 19.1. The Balaban J connectivity index is 1.69. The van der Waals surface area contributed by atoms with Crippen molar-refractivity contribution in [3.63, 3.8) is 0 Å². The van der Waals surface area contributed by atoms with Crippen molar-refractivity contribution < 1.29 is 18.3 Å². The highest BCUT2D eigenvalue weighted by Gasteiger charge is 2.27. The zero-order chi connectivity index (χ0) is 14.7. The number of hydrogen-bond donors (Lipinski definition) is 1. The molecule has 5 nitrogen and oxygen atoms in total. The largest absolute Gasteiger partial charge is 0.445 e. The Labute approximate surface area is 121 Å². The van der Waals surface area contributed by atoms with Crippen molar-refractivity contribution in [1.82, 2.24) is 10.3 Å². The summed E-state index contributed by atoms with van der Waals surface area (Å²) in [5, 5.41) is 2.65. The molecule has 0 radical (unpaired) electrons. The van der Waals surface area contributed by atoms with Crippen LogP contribution in [0.5, 0.6) is 0 Å². The number of carbonyl (C=O) groups is 1. The molecule has 0 saturated carbocycles. The quantitative estimate of drug-likeness (QED) is 0.940. The van der Waals surface area contributed by atoms with Crippen LogP contribution in [0.4, 0.5) is 4.39 Å². The van der Waals surface area contributed by atoms with Crippen molar-refractivity contribution in [2.45, 2.75) is 25.5 Å². The second kappa shape index (κ2) is 6.05. The Morgan fingerprint density at radius 2 is 2.29 bits per heavy atom. The maximum atomic E-state index is 13.5. The van der Waals surface area contributed by atoms with E-state index < -0.39 is 5.91 Å². The third kappa shape index (κ3) is 2.95. The molecule has 2 heterocycles. The van der Waals surface area contributed by atoms with Gasteiger partial charge in [-0.05, 0) is 18.9 Å². The average molecular weight is 290 g/mol. The highest BCUT2D eigenvalue weighted by molar-refractivity contribution is 5.93. The van der Waals surface area contributed by atoms with Crippen LogP contribution in [0.1, 0.15) is 40.8 Å². The topological polar surface area (TPSA) is 64.4 Å². The Kier molecular flexibility index (Phi) is 3.96. The predicted octanol–water partition coefficient (Wildman–Crippen LogP) is 2.60. The Bertz CT molecular complexity index is 635. The average Bonchev–Trinajstić information content (AvgIpc) is 3.16. The van der Waals surface area contributed by atoms with Crippen LogP contribution in [0.25, 0.3) is 0 Å². The zero-order valence-corrected chi connectivity index (χ0v) is 11.3. The molecule has 1 aromatic heterocycles. The summed E-state index contributed by atoms with van der Waals surface area (Å²) >= 11 is 0. The fourth-order valence-electron chi connectivity index (χ4n) is 2.34. The normalized spacial score (nSPS) is 17.9. The third-order valence-electron chi connectivity index (χ3n) is 3.43. The van der Waals surface area contributed by atoms with Crippen LogP contribution >= 0.6 is 0 Å². The molecule has 0 bridgehead atoms. The van der Waals surface area contributed by atoms with E-state index in [0.29, 0.717) is 17.9 Å². The fourth-order valence-corrected chi connectivity index (χ4v) is 2.34. The Morgan fingerprint density at radius 1 is 1.43 bits per heavy atom. The molecule has 1 atom stereocenters. The number of rotatable bonds is 4. The standard InChI is InChI=1S/C15H15FN2O3/c16-11-5-2-1-4-10(11)8-17-15(19)13-14(21-9-18-13)12-6-3-7-20-12/h1-2,4-5,9,12H,3,6-8H2,(H,17,19)/t12-/m1/s1. The molecule has 1 N–H and O–H groups in total. The maximum absolute atomic E-state index is 13.5. The molecule has 3 rings (SSSR count). The summed E-state index contributed by atoms with van der Waals surface area (Å²) in [6.07, 6.45) is 2.75. The first-order valence-electron chi connectivity index (χ1n) is 6.82. The van der Waals surface area contributed by atoms with Gasteiger partial charge in [0.25, 0.3) is 5.91 Å². The summed E-state index contributed by atoms with van der Waals surface area (Å²) < 4.78 is 24.3. The summed E-state index contributed by atoms with van der Waals surface area (Å²) in [7, 11) is 0. The number of nitrogens with one attached hydrogen (secondary N) is 1. The first-order chi connectivity index (χ1) is 10.3. The van der Waals surface area contributed by atoms with Gasteiger partial charge >= 0.3 is 0 Å². The number of amides is 1. The molecule has 1 amide bonds. The van der Waals surface area contributed by atoms with Crippen molar-refractivity contribution >= 4 is 5.91 Å². The van der Waals surface area contributed by atoms with Crippen molar-refractivity contribution in [3.05, 3.63) is 53.5 Å². The van der Waals surface area contributed by atoms with E-state index in [0.717, 1.165) is 12.8 Å². The number of aromatic nitrogens is 1. The molecular weight excluding hydrogens is 275 g/mol. The van der Waals surface area contributed by atoms with E-state index in [-0.39, 0.29) is 24.2 Å². The lowest BCUT2D eigenvalue weighted by molar-refractivity contribution is 0.0860. The molecule has 110 valence electrons. The minimum absolute atomic E-state index is 0.101. The van der Waals surface area contributed by atoms with E-state index in [4.69, 9.17) is 9.15 Å². The Hall–Kier alpha value is -2.21. The van der Waals surface area contributed by atoms with Gasteiger partial charge in [-0.2, -0.15) is 0 Å². The van der Waals surface area contributed by atoms with Gasteiger partial charge < -0.3 is 14.5 Å². The number of nitrogens with zero attached hydrogens (tertiary/aromatic N) is 1. The number of halogens is 1. The lowest BCUT2D eigenvalue weighted by Crippen LogP contribution is -2.25. The van der Waals surface area contributed by atoms with Gasteiger partial charge in [0.05, 0.1) is 0 Å². The van der Waals surface area contributed by atoms with Gasteiger partial charge in [-0.15, -0.1) is 0 Å².